The first-order valence-electron chi connectivity index (χ1n) is 6.43. The molecule has 20 heavy (non-hydrogen) atoms. The van der Waals surface area contributed by atoms with Crippen LogP contribution in [0.25, 0.3) is 0 Å². The average Bonchev–Trinajstić information content (AvgIpc) is 3.06. The van der Waals surface area contributed by atoms with Gasteiger partial charge >= 0.3 is 0 Å². The normalized spacial score (nSPS) is 18.0. The Morgan fingerprint density at radius 2 is 2.25 bits per heavy atom. The predicted molar refractivity (Wildman–Crippen MR) is 72.8 cm³/mol. The third-order valence-electron chi connectivity index (χ3n) is 3.53. The van der Waals surface area contributed by atoms with E-state index in [1.807, 2.05) is 0 Å². The van der Waals surface area contributed by atoms with Gasteiger partial charge < -0.3 is 10.9 Å². The molecule has 1 aromatic rings. The van der Waals surface area contributed by atoms with Crippen LogP contribution in [0, 0.1) is 0 Å². The van der Waals surface area contributed by atoms with Crippen molar-refractivity contribution in [3.63, 3.8) is 0 Å². The van der Waals surface area contributed by atoms with Crippen molar-refractivity contribution in [1.29, 1.82) is 0 Å². The van der Waals surface area contributed by atoms with E-state index in [2.05, 4.69) is 10.3 Å². The molecule has 0 saturated heterocycles. The molecule has 3 N–H and O–H groups in total. The molecule has 1 aromatic heterocycles. The van der Waals surface area contributed by atoms with E-state index < -0.39 is 10.0 Å². The molecular formula is C11H19N5O3S. The van der Waals surface area contributed by atoms with E-state index in [4.69, 9.17) is 10.9 Å². The summed E-state index contributed by atoms with van der Waals surface area (Å²) in [5.41, 5.74) is 5.50. The van der Waals surface area contributed by atoms with Crippen LogP contribution in [0.4, 0.5) is 0 Å². The van der Waals surface area contributed by atoms with Crippen LogP contribution in [0.2, 0.25) is 0 Å². The summed E-state index contributed by atoms with van der Waals surface area (Å²) in [5, 5.41) is 15.6. The number of rotatable bonds is 5. The molecule has 2 rings (SSSR count). The lowest BCUT2D eigenvalue weighted by Crippen LogP contribution is -2.44. The first-order chi connectivity index (χ1) is 9.46. The fourth-order valence-electron chi connectivity index (χ4n) is 2.53. The number of aromatic nitrogens is 2. The Bertz CT molecular complexity index is 589. The van der Waals surface area contributed by atoms with Gasteiger partial charge in [0, 0.05) is 13.1 Å². The summed E-state index contributed by atoms with van der Waals surface area (Å²) in [7, 11) is -2.14. The van der Waals surface area contributed by atoms with E-state index in [0.29, 0.717) is 0 Å². The standard InChI is InChI=1S/C11H19N5O3S/c1-15-11(6-7-13-15)20(18,19)16(8-10(12)14-17)9-4-2-3-5-9/h6-7,9,17H,2-5,8H2,1H3,(H2,12,14). The molecule has 0 amide bonds. The Morgan fingerprint density at radius 3 is 2.75 bits per heavy atom. The Labute approximate surface area is 117 Å². The molecule has 1 saturated carbocycles. The number of aryl methyl sites for hydroxylation is 1. The third-order valence-corrected chi connectivity index (χ3v) is 5.50. The second-order valence-corrected chi connectivity index (χ2v) is 6.71. The molecule has 0 spiro atoms. The van der Waals surface area contributed by atoms with Gasteiger partial charge in [0.05, 0.1) is 12.7 Å². The van der Waals surface area contributed by atoms with Crippen molar-refractivity contribution in [2.75, 3.05) is 6.54 Å². The zero-order valence-electron chi connectivity index (χ0n) is 11.3. The molecule has 1 heterocycles. The topological polar surface area (TPSA) is 114 Å². The molecular weight excluding hydrogens is 282 g/mol. The number of hydrogen-bond donors (Lipinski definition) is 2. The average molecular weight is 301 g/mol. The highest BCUT2D eigenvalue weighted by Gasteiger charge is 2.35. The van der Waals surface area contributed by atoms with Crippen LogP contribution in [0.15, 0.2) is 22.4 Å². The van der Waals surface area contributed by atoms with E-state index in [0.717, 1.165) is 25.7 Å². The molecule has 1 aliphatic rings. The predicted octanol–water partition coefficient (Wildman–Crippen LogP) is 0.0998. The number of hydrogen-bond acceptors (Lipinski definition) is 5. The van der Waals surface area contributed by atoms with E-state index in [1.165, 1.54) is 21.3 Å². The van der Waals surface area contributed by atoms with Gasteiger partial charge in [0.25, 0.3) is 10.0 Å². The van der Waals surface area contributed by atoms with E-state index in [9.17, 15) is 8.42 Å². The number of oxime groups is 1. The van der Waals surface area contributed by atoms with E-state index in [1.54, 1.807) is 7.05 Å². The monoisotopic (exact) mass is 301 g/mol. The summed E-state index contributed by atoms with van der Waals surface area (Å²) in [6.45, 7) is -0.116. The number of amidine groups is 1. The summed E-state index contributed by atoms with van der Waals surface area (Å²) in [5.74, 6) is -0.123. The van der Waals surface area contributed by atoms with Crippen LogP contribution < -0.4 is 5.73 Å². The van der Waals surface area contributed by atoms with Gasteiger partial charge in [-0.1, -0.05) is 18.0 Å². The Hall–Kier alpha value is -1.61. The Balaban J connectivity index is 2.37. The van der Waals surface area contributed by atoms with Crippen molar-refractivity contribution in [3.05, 3.63) is 12.3 Å². The smallest absolute Gasteiger partial charge is 0.260 e. The second kappa shape index (κ2) is 5.80. The van der Waals surface area contributed by atoms with E-state index >= 15 is 0 Å². The summed E-state index contributed by atoms with van der Waals surface area (Å²) >= 11 is 0. The van der Waals surface area contributed by atoms with E-state index in [-0.39, 0.29) is 23.4 Å². The molecule has 0 radical (unpaired) electrons. The zero-order valence-corrected chi connectivity index (χ0v) is 12.1. The molecule has 0 atom stereocenters. The first kappa shape index (κ1) is 14.8. The van der Waals surface area contributed by atoms with Crippen LogP contribution in [0.1, 0.15) is 25.7 Å². The molecule has 0 aromatic carbocycles. The van der Waals surface area contributed by atoms with Crippen LogP contribution >= 0.6 is 0 Å². The van der Waals surface area contributed by atoms with Gasteiger partial charge in [0.1, 0.15) is 0 Å². The molecule has 8 nitrogen and oxygen atoms in total. The van der Waals surface area contributed by atoms with Crippen molar-refractivity contribution in [2.24, 2.45) is 17.9 Å². The Morgan fingerprint density at radius 1 is 1.60 bits per heavy atom. The SMILES string of the molecule is Cn1nccc1S(=O)(=O)N(C/C(N)=N/O)C1CCCC1. The van der Waals surface area contributed by atoms with Crippen LogP contribution in [-0.4, -0.2) is 46.1 Å². The molecule has 0 bridgehead atoms. The maximum atomic E-state index is 12.7. The number of nitrogens with zero attached hydrogens (tertiary/aromatic N) is 4. The quantitative estimate of drug-likeness (QED) is 0.346. The highest BCUT2D eigenvalue weighted by atomic mass is 32.2. The maximum Gasteiger partial charge on any atom is 0.260 e. The van der Waals surface area contributed by atoms with Gasteiger partial charge in [-0.25, -0.2) is 8.42 Å². The summed E-state index contributed by atoms with van der Waals surface area (Å²) in [6, 6.07) is 1.33. The number of nitrogens with two attached hydrogens (primary N) is 1. The van der Waals surface area contributed by atoms with Gasteiger partial charge in [-0.3, -0.25) is 4.68 Å². The van der Waals surface area contributed by atoms with Crippen LogP contribution in [0.3, 0.4) is 0 Å². The highest BCUT2D eigenvalue weighted by Crippen LogP contribution is 2.28. The van der Waals surface area contributed by atoms with Crippen molar-refractivity contribution in [1.82, 2.24) is 14.1 Å². The molecule has 1 fully saturated rings. The summed E-state index contributed by atoms with van der Waals surface area (Å²) in [4.78, 5) is 0. The van der Waals surface area contributed by atoms with Gasteiger partial charge in [-0.15, -0.1) is 0 Å². The second-order valence-electron chi connectivity index (χ2n) is 4.87. The summed E-state index contributed by atoms with van der Waals surface area (Å²) < 4.78 is 28.1. The zero-order chi connectivity index (χ0) is 14.8. The molecule has 0 aliphatic heterocycles. The molecule has 112 valence electrons. The third kappa shape index (κ3) is 2.78. The minimum Gasteiger partial charge on any atom is -0.409 e. The van der Waals surface area contributed by atoms with Crippen molar-refractivity contribution < 1.29 is 13.6 Å². The molecule has 9 heteroatoms. The van der Waals surface area contributed by atoms with Crippen LogP contribution in [0.5, 0.6) is 0 Å². The lowest BCUT2D eigenvalue weighted by molar-refractivity contribution is 0.308. The lowest BCUT2D eigenvalue weighted by Gasteiger charge is -2.27. The fraction of sp³-hybridized carbons (Fsp3) is 0.636. The minimum absolute atomic E-state index is 0.107. The van der Waals surface area contributed by atoms with Crippen molar-refractivity contribution >= 4 is 15.9 Å². The maximum absolute atomic E-state index is 12.7. The summed E-state index contributed by atoms with van der Waals surface area (Å²) in [6.07, 6.45) is 4.98. The Kier molecular flexibility index (Phi) is 4.29. The van der Waals surface area contributed by atoms with Gasteiger partial charge in [0.2, 0.25) is 0 Å². The van der Waals surface area contributed by atoms with Gasteiger partial charge in [-0.2, -0.15) is 9.40 Å². The largest absolute Gasteiger partial charge is 0.409 e. The lowest BCUT2D eigenvalue weighted by atomic mass is 10.2. The molecule has 1 aliphatic carbocycles. The minimum atomic E-state index is -3.72. The van der Waals surface area contributed by atoms with Crippen LogP contribution in [-0.2, 0) is 17.1 Å². The molecule has 0 unspecified atom stereocenters. The van der Waals surface area contributed by atoms with Gasteiger partial charge in [-0.05, 0) is 18.9 Å². The van der Waals surface area contributed by atoms with Crippen molar-refractivity contribution in [2.45, 2.75) is 36.8 Å². The van der Waals surface area contributed by atoms with Crippen molar-refractivity contribution in [3.8, 4) is 0 Å². The van der Waals surface area contributed by atoms with Gasteiger partial charge in [0.15, 0.2) is 10.9 Å². The highest BCUT2D eigenvalue weighted by molar-refractivity contribution is 7.89. The number of sulfonamides is 1. The fourth-order valence-corrected chi connectivity index (χ4v) is 4.29. The first-order valence-corrected chi connectivity index (χ1v) is 7.87.